The average Bonchev–Trinajstić information content (AvgIpc) is 2.94. The van der Waals surface area contributed by atoms with E-state index in [1.165, 1.54) is 16.8 Å². The van der Waals surface area contributed by atoms with Crippen LogP contribution in [0.5, 0.6) is 0 Å². The molecule has 0 saturated carbocycles. The standard InChI is InChI=1S/C17H12Cl3F3N3/c1-2-14-24-16(17(21,22)23)25(11-6-4-3-5-7-11)26(14)15-12(19)8-10(18)9-13(15)20/h3-9H,2H2,1H3/q+1. The Morgan fingerprint density at radius 2 is 1.62 bits per heavy atom. The molecule has 0 N–H and O–H groups in total. The predicted molar refractivity (Wildman–Crippen MR) is 94.5 cm³/mol. The highest BCUT2D eigenvalue weighted by molar-refractivity contribution is 6.40. The van der Waals surface area contributed by atoms with Crippen molar-refractivity contribution in [2.45, 2.75) is 19.5 Å². The number of para-hydroxylation sites is 1. The SMILES string of the molecule is CCc1nc(C(F)(F)F)n(-c2ccccc2)[n+]1-c1c(Cl)cc(Cl)cc1Cl. The molecule has 26 heavy (non-hydrogen) atoms. The first-order valence-corrected chi connectivity index (χ1v) is 8.69. The summed E-state index contributed by atoms with van der Waals surface area (Å²) in [5.41, 5.74) is 0.454. The van der Waals surface area contributed by atoms with Crippen molar-refractivity contribution in [1.29, 1.82) is 0 Å². The molecule has 0 aliphatic rings. The summed E-state index contributed by atoms with van der Waals surface area (Å²) in [5, 5.41) is 0.519. The maximum Gasteiger partial charge on any atom is 0.479 e. The molecule has 2 aromatic carbocycles. The first kappa shape index (κ1) is 19.0. The number of aryl methyl sites for hydroxylation is 1. The van der Waals surface area contributed by atoms with Gasteiger partial charge in [-0.25, -0.2) is 0 Å². The molecule has 1 aromatic heterocycles. The number of hydrogen-bond donors (Lipinski definition) is 0. The Hall–Kier alpha value is -1.76. The molecule has 0 saturated heterocycles. The van der Waals surface area contributed by atoms with E-state index in [1.54, 1.807) is 37.3 Å². The molecule has 1 heterocycles. The number of benzene rings is 2. The quantitative estimate of drug-likeness (QED) is 0.498. The Kier molecular flexibility index (Phi) is 5.19. The molecule has 0 aliphatic heterocycles. The Morgan fingerprint density at radius 1 is 1.04 bits per heavy atom. The molecule has 0 bridgehead atoms. The Balaban J connectivity index is 2.44. The first-order valence-electron chi connectivity index (χ1n) is 7.55. The van der Waals surface area contributed by atoms with Crippen molar-refractivity contribution in [3.8, 4) is 11.4 Å². The van der Waals surface area contributed by atoms with Crippen LogP contribution in [-0.4, -0.2) is 9.67 Å². The third-order valence-electron chi connectivity index (χ3n) is 3.64. The van der Waals surface area contributed by atoms with Gasteiger partial charge in [-0.15, -0.1) is 9.36 Å². The highest BCUT2D eigenvalue weighted by Gasteiger charge is 2.47. The number of rotatable bonds is 3. The Morgan fingerprint density at radius 3 is 2.12 bits per heavy atom. The third kappa shape index (κ3) is 3.41. The van der Waals surface area contributed by atoms with Crippen LogP contribution < -0.4 is 4.68 Å². The summed E-state index contributed by atoms with van der Waals surface area (Å²) in [4.78, 5) is 3.81. The molecule has 136 valence electrons. The second-order valence-electron chi connectivity index (χ2n) is 5.38. The van der Waals surface area contributed by atoms with Crippen LogP contribution in [0.25, 0.3) is 11.4 Å². The van der Waals surface area contributed by atoms with E-state index in [-0.39, 0.29) is 38.7 Å². The highest BCUT2D eigenvalue weighted by Crippen LogP contribution is 2.33. The molecule has 0 radical (unpaired) electrons. The molecule has 3 nitrogen and oxygen atoms in total. The van der Waals surface area contributed by atoms with E-state index in [0.717, 1.165) is 4.68 Å². The van der Waals surface area contributed by atoms with Crippen molar-refractivity contribution in [3.63, 3.8) is 0 Å². The Labute approximate surface area is 162 Å². The van der Waals surface area contributed by atoms with Gasteiger partial charge in [-0.05, 0) is 29.2 Å². The van der Waals surface area contributed by atoms with Crippen molar-refractivity contribution in [2.24, 2.45) is 0 Å². The van der Waals surface area contributed by atoms with Gasteiger partial charge < -0.3 is 0 Å². The lowest BCUT2D eigenvalue weighted by molar-refractivity contribution is -0.684. The normalized spacial score (nSPS) is 11.8. The molecule has 0 spiro atoms. The van der Waals surface area contributed by atoms with Gasteiger partial charge in [0, 0.05) is 5.02 Å². The van der Waals surface area contributed by atoms with E-state index in [4.69, 9.17) is 34.8 Å². The molecular formula is C17H12Cl3F3N3+. The number of aromatic nitrogens is 3. The monoisotopic (exact) mass is 420 g/mol. The van der Waals surface area contributed by atoms with Crippen LogP contribution in [0.1, 0.15) is 18.6 Å². The van der Waals surface area contributed by atoms with E-state index < -0.39 is 12.0 Å². The van der Waals surface area contributed by atoms with Crippen molar-refractivity contribution in [1.82, 2.24) is 9.67 Å². The minimum Gasteiger partial charge on any atom is -0.161 e. The maximum atomic E-state index is 13.7. The minimum absolute atomic E-state index is 0.119. The topological polar surface area (TPSA) is 21.7 Å². The zero-order valence-electron chi connectivity index (χ0n) is 13.4. The van der Waals surface area contributed by atoms with Gasteiger partial charge in [0.25, 0.3) is 0 Å². The van der Waals surface area contributed by atoms with Crippen molar-refractivity contribution in [3.05, 3.63) is 69.2 Å². The molecule has 0 unspecified atom stereocenters. The van der Waals surface area contributed by atoms with Crippen LogP contribution in [0.2, 0.25) is 15.1 Å². The summed E-state index contributed by atoms with van der Waals surface area (Å²) >= 11 is 18.5. The second kappa shape index (κ2) is 7.10. The molecule has 3 rings (SSSR count). The number of halogens is 6. The van der Waals surface area contributed by atoms with Gasteiger partial charge >= 0.3 is 17.8 Å². The minimum atomic E-state index is -4.67. The third-order valence-corrected chi connectivity index (χ3v) is 4.44. The van der Waals surface area contributed by atoms with Gasteiger partial charge in [-0.3, -0.25) is 0 Å². The lowest BCUT2D eigenvalue weighted by Gasteiger charge is -2.11. The second-order valence-corrected chi connectivity index (χ2v) is 6.63. The van der Waals surface area contributed by atoms with Crippen LogP contribution in [0.3, 0.4) is 0 Å². The fraction of sp³-hybridized carbons (Fsp3) is 0.176. The summed E-state index contributed by atoms with van der Waals surface area (Å²) in [6.45, 7) is 1.70. The average molecular weight is 422 g/mol. The van der Waals surface area contributed by atoms with Crippen LogP contribution in [-0.2, 0) is 12.6 Å². The predicted octanol–water partition coefficient (Wildman–Crippen LogP) is 5.69. The maximum absolute atomic E-state index is 13.7. The lowest BCUT2D eigenvalue weighted by atomic mass is 10.3. The van der Waals surface area contributed by atoms with E-state index in [0.29, 0.717) is 0 Å². The van der Waals surface area contributed by atoms with E-state index >= 15 is 0 Å². The zero-order chi connectivity index (χ0) is 19.1. The largest absolute Gasteiger partial charge is 0.479 e. The van der Waals surface area contributed by atoms with Gasteiger partial charge in [-0.2, -0.15) is 13.2 Å². The van der Waals surface area contributed by atoms with Gasteiger partial charge in [0.15, 0.2) is 5.69 Å². The van der Waals surface area contributed by atoms with Gasteiger partial charge in [0.05, 0.1) is 22.2 Å². The summed E-state index contributed by atoms with van der Waals surface area (Å²) < 4.78 is 43.2. The van der Waals surface area contributed by atoms with Crippen molar-refractivity contribution in [2.75, 3.05) is 0 Å². The van der Waals surface area contributed by atoms with E-state index in [9.17, 15) is 13.2 Å². The molecule has 3 aromatic rings. The number of alkyl halides is 3. The molecule has 0 aliphatic carbocycles. The van der Waals surface area contributed by atoms with Crippen molar-refractivity contribution < 1.29 is 17.9 Å². The molecule has 9 heteroatoms. The summed E-state index contributed by atoms with van der Waals surface area (Å²) in [7, 11) is 0. The summed E-state index contributed by atoms with van der Waals surface area (Å²) in [6.07, 6.45) is -4.44. The van der Waals surface area contributed by atoms with Gasteiger partial charge in [0.2, 0.25) is 0 Å². The van der Waals surface area contributed by atoms with Crippen LogP contribution >= 0.6 is 34.8 Å². The molecule has 0 atom stereocenters. The number of nitrogens with zero attached hydrogens (tertiary/aromatic N) is 3. The molecular weight excluding hydrogens is 410 g/mol. The zero-order valence-corrected chi connectivity index (χ0v) is 15.6. The fourth-order valence-electron chi connectivity index (χ4n) is 2.61. The molecule has 0 amide bonds. The smallest absolute Gasteiger partial charge is 0.161 e. The van der Waals surface area contributed by atoms with E-state index in [2.05, 4.69) is 4.98 Å². The highest BCUT2D eigenvalue weighted by atomic mass is 35.5. The van der Waals surface area contributed by atoms with E-state index in [1.807, 2.05) is 0 Å². The fourth-order valence-corrected chi connectivity index (χ4v) is 3.59. The van der Waals surface area contributed by atoms with Crippen LogP contribution in [0.15, 0.2) is 42.5 Å². The van der Waals surface area contributed by atoms with Crippen LogP contribution in [0.4, 0.5) is 13.2 Å². The number of hydrogen-bond acceptors (Lipinski definition) is 1. The van der Waals surface area contributed by atoms with Gasteiger partial charge in [0.1, 0.15) is 0 Å². The van der Waals surface area contributed by atoms with Crippen molar-refractivity contribution >= 4 is 34.8 Å². The summed E-state index contributed by atoms with van der Waals surface area (Å²) in [6, 6.07) is 10.9. The molecule has 0 fully saturated rings. The first-order chi connectivity index (χ1) is 12.2. The summed E-state index contributed by atoms with van der Waals surface area (Å²) in [5.74, 6) is -0.907. The van der Waals surface area contributed by atoms with Crippen LogP contribution in [0, 0.1) is 0 Å². The lowest BCUT2D eigenvalue weighted by Crippen LogP contribution is -2.45. The Bertz CT molecular complexity index is 930. The van der Waals surface area contributed by atoms with Gasteiger partial charge in [-0.1, -0.05) is 59.9 Å².